The number of unbranched alkanes of at least 4 members (excludes halogenated alkanes) is 36. The van der Waals surface area contributed by atoms with Gasteiger partial charge in [-0.3, -0.25) is 9.59 Å². The second-order valence-electron chi connectivity index (χ2n) is 18.9. The Bertz CT molecular complexity index is 966. The number of hydrogen-bond acceptors (Lipinski definition) is 5. The summed E-state index contributed by atoms with van der Waals surface area (Å²) in [6.07, 6.45) is 61.7. The van der Waals surface area contributed by atoms with Crippen LogP contribution in [0.2, 0.25) is 0 Å². The molecule has 0 rings (SSSR count). The van der Waals surface area contributed by atoms with Crippen LogP contribution in [0.1, 0.15) is 296 Å². The Balaban J connectivity index is 3.40. The maximum atomic E-state index is 12.4. The highest BCUT2D eigenvalue weighted by atomic mass is 16.5. The molecule has 0 radical (unpaired) electrons. The SMILES string of the molecule is CCCC/C=C\CCCCCCCC(=O)OCCCCCCCCCCCCCC/C=C\CCCCCCCCCC(=O)NC(CO)C(O)CCCCCCCCCCCCC. The lowest BCUT2D eigenvalue weighted by Crippen LogP contribution is -2.45. The minimum atomic E-state index is -0.666. The highest BCUT2D eigenvalue weighted by molar-refractivity contribution is 5.76. The number of ether oxygens (including phenoxy) is 1. The summed E-state index contributed by atoms with van der Waals surface area (Å²) in [4.78, 5) is 24.4. The van der Waals surface area contributed by atoms with Crippen LogP contribution in [-0.2, 0) is 14.3 Å². The Hall–Kier alpha value is -1.66. The van der Waals surface area contributed by atoms with Gasteiger partial charge in [0, 0.05) is 12.8 Å². The van der Waals surface area contributed by atoms with Crippen molar-refractivity contribution in [2.24, 2.45) is 0 Å². The van der Waals surface area contributed by atoms with Crippen molar-refractivity contribution >= 4 is 11.9 Å². The number of aliphatic hydroxyl groups is 2. The van der Waals surface area contributed by atoms with E-state index in [4.69, 9.17) is 4.74 Å². The molecule has 0 spiro atoms. The standard InChI is InChI=1S/C56H107NO5/c1-3-5-7-9-11-13-28-32-36-40-44-48-54(59)53(52-58)57-55(60)49-45-41-37-33-30-26-24-22-20-18-16-15-17-19-21-23-25-27-31-35-39-43-47-51-62-56(61)50-46-42-38-34-29-14-12-10-8-6-4-2/h10,12,18,20,53-54,58-59H,3-9,11,13-17,19,21-52H2,1-2H3,(H,57,60)/b12-10-,20-18-. The number of rotatable bonds is 51. The van der Waals surface area contributed by atoms with Gasteiger partial charge in [-0.25, -0.2) is 0 Å². The first-order valence-electron chi connectivity index (χ1n) is 27.6. The van der Waals surface area contributed by atoms with E-state index in [-0.39, 0.29) is 18.5 Å². The van der Waals surface area contributed by atoms with E-state index in [0.717, 1.165) is 44.9 Å². The summed E-state index contributed by atoms with van der Waals surface area (Å²) in [5, 5.41) is 23.2. The van der Waals surface area contributed by atoms with E-state index < -0.39 is 12.1 Å². The van der Waals surface area contributed by atoms with Crippen molar-refractivity contribution in [3.05, 3.63) is 24.3 Å². The minimum absolute atomic E-state index is 0.000146. The molecule has 0 aliphatic rings. The number of carbonyl (C=O) groups excluding carboxylic acids is 2. The molecule has 0 aromatic rings. The van der Waals surface area contributed by atoms with E-state index in [9.17, 15) is 19.8 Å². The lowest BCUT2D eigenvalue weighted by Gasteiger charge is -2.22. The van der Waals surface area contributed by atoms with E-state index in [1.165, 1.54) is 218 Å². The van der Waals surface area contributed by atoms with Crippen LogP contribution in [0.4, 0.5) is 0 Å². The summed E-state index contributed by atoms with van der Waals surface area (Å²) in [5.74, 6) is -0.0421. The monoisotopic (exact) mass is 874 g/mol. The molecule has 0 aliphatic heterocycles. The molecule has 0 fully saturated rings. The Morgan fingerprint density at radius 2 is 0.774 bits per heavy atom. The maximum absolute atomic E-state index is 12.4. The van der Waals surface area contributed by atoms with Crippen molar-refractivity contribution in [3.63, 3.8) is 0 Å². The van der Waals surface area contributed by atoms with Gasteiger partial charge in [-0.05, 0) is 70.6 Å². The Labute approximate surface area is 386 Å². The minimum Gasteiger partial charge on any atom is -0.466 e. The quantitative estimate of drug-likeness (QED) is 0.0321. The lowest BCUT2D eigenvalue weighted by molar-refractivity contribution is -0.143. The molecule has 0 saturated heterocycles. The van der Waals surface area contributed by atoms with E-state index >= 15 is 0 Å². The van der Waals surface area contributed by atoms with Gasteiger partial charge in [-0.1, -0.05) is 237 Å². The van der Waals surface area contributed by atoms with Crippen LogP contribution in [-0.4, -0.2) is 47.4 Å². The van der Waals surface area contributed by atoms with E-state index in [2.05, 4.69) is 43.5 Å². The predicted molar refractivity (Wildman–Crippen MR) is 269 cm³/mol. The lowest BCUT2D eigenvalue weighted by atomic mass is 10.0. The van der Waals surface area contributed by atoms with Crippen molar-refractivity contribution in [3.8, 4) is 0 Å². The molecule has 0 aromatic carbocycles. The average Bonchev–Trinajstić information content (AvgIpc) is 3.27. The summed E-state index contributed by atoms with van der Waals surface area (Å²) < 4.78 is 5.45. The van der Waals surface area contributed by atoms with E-state index in [1.807, 2.05) is 0 Å². The zero-order chi connectivity index (χ0) is 45.1. The third kappa shape index (κ3) is 47.8. The first kappa shape index (κ1) is 60.3. The van der Waals surface area contributed by atoms with Gasteiger partial charge in [0.15, 0.2) is 0 Å². The van der Waals surface area contributed by atoms with Crippen LogP contribution in [0.3, 0.4) is 0 Å². The summed E-state index contributed by atoms with van der Waals surface area (Å²) in [7, 11) is 0. The molecule has 0 aromatic heterocycles. The zero-order valence-corrected chi connectivity index (χ0v) is 41.6. The number of aliphatic hydroxyl groups excluding tert-OH is 2. The summed E-state index contributed by atoms with van der Waals surface area (Å²) in [6.45, 7) is 4.90. The second kappa shape index (κ2) is 52.0. The fourth-order valence-corrected chi connectivity index (χ4v) is 8.44. The van der Waals surface area contributed by atoms with Crippen LogP contribution in [0.5, 0.6) is 0 Å². The number of allylic oxidation sites excluding steroid dienone is 4. The Morgan fingerprint density at radius 1 is 0.435 bits per heavy atom. The number of nitrogens with one attached hydrogen (secondary N) is 1. The maximum Gasteiger partial charge on any atom is 0.305 e. The molecule has 6 nitrogen and oxygen atoms in total. The zero-order valence-electron chi connectivity index (χ0n) is 41.6. The molecule has 0 heterocycles. The number of carbonyl (C=O) groups is 2. The fraction of sp³-hybridized carbons (Fsp3) is 0.893. The van der Waals surface area contributed by atoms with Crippen LogP contribution in [0, 0.1) is 0 Å². The van der Waals surface area contributed by atoms with Crippen molar-refractivity contribution in [2.45, 2.75) is 309 Å². The molecule has 366 valence electrons. The first-order valence-corrected chi connectivity index (χ1v) is 27.6. The number of hydrogen-bond donors (Lipinski definition) is 3. The third-order valence-corrected chi connectivity index (χ3v) is 12.7. The highest BCUT2D eigenvalue weighted by Gasteiger charge is 2.20. The summed E-state index contributed by atoms with van der Waals surface area (Å²) in [5.41, 5.74) is 0. The highest BCUT2D eigenvalue weighted by Crippen LogP contribution is 2.16. The van der Waals surface area contributed by atoms with Gasteiger partial charge in [0.05, 0.1) is 25.4 Å². The normalized spacial score (nSPS) is 12.8. The molecule has 2 atom stereocenters. The first-order chi connectivity index (χ1) is 30.5. The van der Waals surface area contributed by atoms with Gasteiger partial charge < -0.3 is 20.3 Å². The van der Waals surface area contributed by atoms with Crippen LogP contribution < -0.4 is 5.32 Å². The summed E-state index contributed by atoms with van der Waals surface area (Å²) in [6, 6.07) is -0.544. The van der Waals surface area contributed by atoms with Crippen molar-refractivity contribution < 1.29 is 24.5 Å². The largest absolute Gasteiger partial charge is 0.466 e. The predicted octanol–water partition coefficient (Wildman–Crippen LogP) is 16.7. The Morgan fingerprint density at radius 3 is 1.19 bits per heavy atom. The van der Waals surface area contributed by atoms with Crippen LogP contribution >= 0.6 is 0 Å². The van der Waals surface area contributed by atoms with E-state index in [1.54, 1.807) is 0 Å². The fourth-order valence-electron chi connectivity index (χ4n) is 8.44. The molecule has 0 saturated carbocycles. The van der Waals surface area contributed by atoms with Gasteiger partial charge in [0.2, 0.25) is 5.91 Å². The molecule has 0 bridgehead atoms. The number of esters is 1. The molecule has 2 unspecified atom stereocenters. The van der Waals surface area contributed by atoms with Gasteiger partial charge in [-0.15, -0.1) is 0 Å². The van der Waals surface area contributed by atoms with Crippen molar-refractivity contribution in [2.75, 3.05) is 13.2 Å². The van der Waals surface area contributed by atoms with Crippen LogP contribution in [0.15, 0.2) is 24.3 Å². The Kier molecular flexibility index (Phi) is 50.6. The third-order valence-electron chi connectivity index (χ3n) is 12.7. The average molecular weight is 874 g/mol. The second-order valence-corrected chi connectivity index (χ2v) is 18.9. The molecule has 6 heteroatoms. The molecule has 1 amide bonds. The molecular formula is C56H107NO5. The number of amides is 1. The molecular weight excluding hydrogens is 767 g/mol. The topological polar surface area (TPSA) is 95.9 Å². The molecule has 3 N–H and O–H groups in total. The molecule has 0 aliphatic carbocycles. The van der Waals surface area contributed by atoms with Crippen molar-refractivity contribution in [1.29, 1.82) is 0 Å². The van der Waals surface area contributed by atoms with Crippen molar-refractivity contribution in [1.82, 2.24) is 5.32 Å². The smallest absolute Gasteiger partial charge is 0.305 e. The van der Waals surface area contributed by atoms with Crippen LogP contribution in [0.25, 0.3) is 0 Å². The van der Waals surface area contributed by atoms with Gasteiger partial charge >= 0.3 is 5.97 Å². The molecule has 62 heavy (non-hydrogen) atoms. The summed E-state index contributed by atoms with van der Waals surface area (Å²) >= 11 is 0. The van der Waals surface area contributed by atoms with Gasteiger partial charge in [0.1, 0.15) is 0 Å². The van der Waals surface area contributed by atoms with Gasteiger partial charge in [-0.2, -0.15) is 0 Å². The van der Waals surface area contributed by atoms with Gasteiger partial charge in [0.25, 0.3) is 0 Å². The van der Waals surface area contributed by atoms with E-state index in [0.29, 0.717) is 25.9 Å².